The van der Waals surface area contributed by atoms with Crippen LogP contribution in [0.1, 0.15) is 29.8 Å². The predicted octanol–water partition coefficient (Wildman–Crippen LogP) is 0.441. The summed E-state index contributed by atoms with van der Waals surface area (Å²) < 4.78 is 0. The Morgan fingerprint density at radius 1 is 1.20 bits per heavy atom. The van der Waals surface area contributed by atoms with E-state index in [0.29, 0.717) is 25.3 Å². The van der Waals surface area contributed by atoms with Crippen LogP contribution in [0.4, 0.5) is 0 Å². The van der Waals surface area contributed by atoms with Gasteiger partial charge in [0.05, 0.1) is 22.6 Å². The number of rotatable bonds is 6. The first-order valence-electron chi connectivity index (χ1n) is 9.61. The number of aliphatic hydroxyl groups excluding tert-OH is 1. The number of phenolic OH excluding ortho intramolecular Hbond substituents is 1. The molecular weight excluding hydrogens is 388 g/mol. The van der Waals surface area contributed by atoms with Crippen LogP contribution in [0.25, 0.3) is 28.3 Å². The number of fused-ring (bicyclic) bond motifs is 2. The molecule has 0 spiro atoms. The number of phenols is 1. The van der Waals surface area contributed by atoms with Gasteiger partial charge in [0.1, 0.15) is 22.3 Å². The monoisotopic (exact) mass is 412 g/mol. The SMILES string of the molecule is Cc1c(O)c(=CO)c2nc3c(=O)ccc(C(=O)NCCNCC(C)C)c3[nH]c2c1=O. The molecule has 0 aliphatic rings. The second kappa shape index (κ2) is 8.50. The quantitative estimate of drug-likeness (QED) is 0.292. The van der Waals surface area contributed by atoms with Gasteiger partial charge in [-0.1, -0.05) is 13.8 Å². The van der Waals surface area contributed by atoms with Gasteiger partial charge in [-0.2, -0.15) is 0 Å². The summed E-state index contributed by atoms with van der Waals surface area (Å²) in [5, 5.41) is 25.6. The van der Waals surface area contributed by atoms with Crippen LogP contribution in [0.5, 0.6) is 5.75 Å². The minimum absolute atomic E-state index is 0.0145. The lowest BCUT2D eigenvalue weighted by Gasteiger charge is -2.11. The Balaban J connectivity index is 2.10. The van der Waals surface area contributed by atoms with Crippen molar-refractivity contribution in [2.24, 2.45) is 5.92 Å². The molecule has 0 saturated carbocycles. The van der Waals surface area contributed by atoms with Crippen LogP contribution in [-0.2, 0) is 0 Å². The Morgan fingerprint density at radius 3 is 2.60 bits per heavy atom. The highest BCUT2D eigenvalue weighted by Crippen LogP contribution is 2.17. The highest BCUT2D eigenvalue weighted by molar-refractivity contribution is 6.06. The standard InChI is InChI=1S/C21H24N4O5/c1-10(2)8-22-6-7-23-21(30)12-4-5-14(27)17-15(12)25-18-16(24-17)13(9-26)19(28)11(3)20(18)29/h4-5,9-10,22,25-26,28H,6-8H2,1-3H3,(H,23,30). The maximum absolute atomic E-state index is 12.7. The fraction of sp³-hybridized carbons (Fsp3) is 0.333. The zero-order valence-corrected chi connectivity index (χ0v) is 17.0. The van der Waals surface area contributed by atoms with E-state index < -0.39 is 22.5 Å². The summed E-state index contributed by atoms with van der Waals surface area (Å²) in [6, 6.07) is 2.60. The highest BCUT2D eigenvalue weighted by Gasteiger charge is 2.18. The first-order chi connectivity index (χ1) is 14.3. The van der Waals surface area contributed by atoms with Gasteiger partial charge in [-0.15, -0.1) is 0 Å². The molecule has 0 aliphatic carbocycles. The van der Waals surface area contributed by atoms with Gasteiger partial charge in [0.2, 0.25) is 10.9 Å². The number of amides is 1. The van der Waals surface area contributed by atoms with Crippen LogP contribution in [-0.4, -0.2) is 45.7 Å². The Morgan fingerprint density at radius 2 is 1.93 bits per heavy atom. The average molecular weight is 412 g/mol. The van der Waals surface area contributed by atoms with E-state index in [1.807, 2.05) is 0 Å². The van der Waals surface area contributed by atoms with E-state index in [2.05, 4.69) is 34.4 Å². The minimum atomic E-state index is -0.539. The van der Waals surface area contributed by atoms with Crippen LogP contribution in [0.15, 0.2) is 21.7 Å². The van der Waals surface area contributed by atoms with E-state index in [0.717, 1.165) is 6.54 Å². The molecule has 1 aromatic heterocycles. The Bertz CT molecular complexity index is 1300. The molecule has 30 heavy (non-hydrogen) atoms. The number of aromatic nitrogens is 2. The number of aromatic amines is 1. The van der Waals surface area contributed by atoms with Crippen molar-refractivity contribution in [3.8, 4) is 5.75 Å². The lowest BCUT2D eigenvalue weighted by atomic mass is 10.1. The lowest BCUT2D eigenvalue weighted by molar-refractivity contribution is 0.0955. The number of carbonyl (C=O) groups excluding carboxylic acids is 1. The Labute approximate surface area is 171 Å². The minimum Gasteiger partial charge on any atom is -0.515 e. The zero-order valence-electron chi connectivity index (χ0n) is 17.0. The highest BCUT2D eigenvalue weighted by atomic mass is 16.3. The molecule has 0 radical (unpaired) electrons. The lowest BCUT2D eigenvalue weighted by Crippen LogP contribution is -2.33. The largest absolute Gasteiger partial charge is 0.515 e. The summed E-state index contributed by atoms with van der Waals surface area (Å²) >= 11 is 0. The first-order valence-corrected chi connectivity index (χ1v) is 9.61. The van der Waals surface area contributed by atoms with Gasteiger partial charge in [0.15, 0.2) is 0 Å². The molecule has 0 saturated heterocycles. The number of H-pyrrole nitrogens is 1. The molecule has 1 amide bonds. The summed E-state index contributed by atoms with van der Waals surface area (Å²) in [5.74, 6) is -0.334. The molecule has 2 aromatic carbocycles. The van der Waals surface area contributed by atoms with E-state index in [9.17, 15) is 24.6 Å². The fourth-order valence-corrected chi connectivity index (χ4v) is 3.19. The van der Waals surface area contributed by atoms with Crippen LogP contribution in [0.3, 0.4) is 0 Å². The molecule has 0 bridgehead atoms. The molecule has 3 aromatic rings. The number of aromatic hydroxyl groups is 1. The molecular formula is C21H24N4O5. The van der Waals surface area contributed by atoms with Gasteiger partial charge in [-0.05, 0) is 31.5 Å². The summed E-state index contributed by atoms with van der Waals surface area (Å²) in [7, 11) is 0. The molecule has 0 fully saturated rings. The van der Waals surface area contributed by atoms with Gasteiger partial charge >= 0.3 is 0 Å². The topological polar surface area (TPSA) is 144 Å². The number of hydrogen-bond acceptors (Lipinski definition) is 7. The van der Waals surface area contributed by atoms with Gasteiger partial charge < -0.3 is 25.8 Å². The van der Waals surface area contributed by atoms with Crippen LogP contribution in [0.2, 0.25) is 0 Å². The third-order valence-electron chi connectivity index (χ3n) is 4.80. The molecule has 3 rings (SSSR count). The maximum Gasteiger partial charge on any atom is 0.253 e. The first kappa shape index (κ1) is 21.3. The molecule has 9 heteroatoms. The van der Waals surface area contributed by atoms with Crippen molar-refractivity contribution in [3.63, 3.8) is 0 Å². The summed E-state index contributed by atoms with van der Waals surface area (Å²) in [6.07, 6.45) is 0.627. The molecule has 1 heterocycles. The van der Waals surface area contributed by atoms with Crippen molar-refractivity contribution < 1.29 is 15.0 Å². The third kappa shape index (κ3) is 3.84. The fourth-order valence-electron chi connectivity index (χ4n) is 3.19. The van der Waals surface area contributed by atoms with Gasteiger partial charge in [-0.25, -0.2) is 4.98 Å². The van der Waals surface area contributed by atoms with E-state index in [1.54, 1.807) is 0 Å². The van der Waals surface area contributed by atoms with Crippen LogP contribution >= 0.6 is 0 Å². The Hall–Kier alpha value is -3.46. The average Bonchev–Trinajstić information content (AvgIpc) is 2.71. The van der Waals surface area contributed by atoms with E-state index in [1.165, 1.54) is 19.1 Å². The molecule has 0 unspecified atom stereocenters. The summed E-state index contributed by atoms with van der Waals surface area (Å²) in [6.45, 7) is 7.38. The number of nitrogens with zero attached hydrogens (tertiary/aromatic N) is 1. The number of nitrogens with one attached hydrogen (secondary N) is 3. The van der Waals surface area contributed by atoms with Crippen molar-refractivity contribution in [2.75, 3.05) is 19.6 Å². The van der Waals surface area contributed by atoms with Crippen molar-refractivity contribution in [1.29, 1.82) is 0 Å². The Kier molecular flexibility index (Phi) is 6.02. The van der Waals surface area contributed by atoms with E-state index >= 15 is 0 Å². The molecule has 0 atom stereocenters. The van der Waals surface area contributed by atoms with Crippen LogP contribution < -0.4 is 26.7 Å². The smallest absolute Gasteiger partial charge is 0.253 e. The summed E-state index contributed by atoms with van der Waals surface area (Å²) in [5.41, 5.74) is -0.837. The second-order valence-corrected chi connectivity index (χ2v) is 7.49. The predicted molar refractivity (Wildman–Crippen MR) is 115 cm³/mol. The molecule has 5 N–H and O–H groups in total. The molecule has 0 aliphatic heterocycles. The van der Waals surface area contributed by atoms with Crippen molar-refractivity contribution in [3.05, 3.63) is 48.9 Å². The normalized spacial score (nSPS) is 12.2. The molecule has 158 valence electrons. The van der Waals surface area contributed by atoms with Crippen molar-refractivity contribution in [2.45, 2.75) is 20.8 Å². The van der Waals surface area contributed by atoms with Crippen molar-refractivity contribution in [1.82, 2.24) is 20.6 Å². The number of hydrogen-bond donors (Lipinski definition) is 5. The van der Waals surface area contributed by atoms with E-state index in [-0.39, 0.29) is 38.4 Å². The summed E-state index contributed by atoms with van der Waals surface area (Å²) in [4.78, 5) is 44.7. The number of aliphatic hydroxyl groups is 1. The zero-order chi connectivity index (χ0) is 22.0. The second-order valence-electron chi connectivity index (χ2n) is 7.49. The molecule has 9 nitrogen and oxygen atoms in total. The number of carbonyl (C=O) groups is 1. The van der Waals surface area contributed by atoms with Gasteiger partial charge in [-0.3, -0.25) is 14.4 Å². The van der Waals surface area contributed by atoms with E-state index in [4.69, 9.17) is 0 Å². The van der Waals surface area contributed by atoms with Crippen LogP contribution in [0, 0.1) is 12.8 Å². The van der Waals surface area contributed by atoms with Crippen molar-refractivity contribution >= 4 is 34.2 Å². The number of benzene rings is 2. The van der Waals surface area contributed by atoms with Gasteiger partial charge in [0, 0.05) is 18.7 Å². The third-order valence-corrected chi connectivity index (χ3v) is 4.80. The van der Waals surface area contributed by atoms with Gasteiger partial charge in [0.25, 0.3) is 5.91 Å². The maximum atomic E-state index is 12.7.